The summed E-state index contributed by atoms with van der Waals surface area (Å²) >= 11 is 0. The lowest BCUT2D eigenvalue weighted by Crippen LogP contribution is -2.38. The van der Waals surface area contributed by atoms with Crippen molar-refractivity contribution in [2.75, 3.05) is 4.90 Å². The molecular formula is C23H34Br2N2O3. The average molecular weight is 546 g/mol. The molecule has 0 bridgehead atoms. The number of pyridine rings is 1. The molecule has 1 heterocycles. The maximum Gasteiger partial charge on any atom is 0.0765 e. The molecule has 0 amide bonds. The summed E-state index contributed by atoms with van der Waals surface area (Å²) in [6.07, 6.45) is 2.16. The van der Waals surface area contributed by atoms with Crippen LogP contribution in [0.2, 0.25) is 0 Å². The highest BCUT2D eigenvalue weighted by Crippen LogP contribution is 2.42. The molecule has 168 valence electrons. The fourth-order valence-corrected chi connectivity index (χ4v) is 4.33. The molecule has 0 aliphatic heterocycles. The van der Waals surface area contributed by atoms with Gasteiger partial charge < -0.3 is 21.3 Å². The highest BCUT2D eigenvalue weighted by Gasteiger charge is 2.27. The fraction of sp³-hybridized carbons (Fsp3) is 0.348. The molecule has 5 nitrogen and oxygen atoms in total. The van der Waals surface area contributed by atoms with E-state index in [4.69, 9.17) is 4.98 Å². The quantitative estimate of drug-likeness (QED) is 0.488. The number of aromatic nitrogens is 1. The van der Waals surface area contributed by atoms with E-state index in [-0.39, 0.29) is 50.4 Å². The van der Waals surface area contributed by atoms with Crippen molar-refractivity contribution in [1.82, 2.24) is 4.98 Å². The monoisotopic (exact) mass is 544 g/mol. The minimum atomic E-state index is 0. The minimum absolute atomic E-state index is 0. The highest BCUT2D eigenvalue weighted by molar-refractivity contribution is 8.93. The molecule has 1 aliphatic carbocycles. The fourth-order valence-electron chi connectivity index (χ4n) is 4.33. The van der Waals surface area contributed by atoms with Crippen molar-refractivity contribution in [2.45, 2.75) is 52.6 Å². The van der Waals surface area contributed by atoms with Gasteiger partial charge >= 0.3 is 0 Å². The molecule has 3 aromatic rings. The number of rotatable bonds is 3. The molecule has 0 atom stereocenters. The van der Waals surface area contributed by atoms with Gasteiger partial charge in [0, 0.05) is 28.6 Å². The Morgan fingerprint density at radius 3 is 1.97 bits per heavy atom. The molecule has 0 saturated carbocycles. The molecule has 0 fully saturated rings. The SMILES string of the molecule is Br.Br.CC(C)N(c1c2c(nc3ccccc13)-c1ccccc1CC2)C(C)C.O.O.O. The van der Waals surface area contributed by atoms with Crippen LogP contribution >= 0.6 is 34.0 Å². The van der Waals surface area contributed by atoms with Gasteiger partial charge in [-0.05, 0) is 52.2 Å². The lowest BCUT2D eigenvalue weighted by molar-refractivity contribution is 0.606. The Hall–Kier alpha value is -1.51. The Bertz CT molecular complexity index is 941. The topological polar surface area (TPSA) is 111 Å². The largest absolute Gasteiger partial charge is 0.412 e. The number of halogens is 2. The first-order chi connectivity index (χ1) is 12.1. The van der Waals surface area contributed by atoms with Crippen LogP contribution in [0.3, 0.4) is 0 Å². The van der Waals surface area contributed by atoms with Crippen LogP contribution < -0.4 is 4.90 Å². The predicted octanol–water partition coefficient (Wildman–Crippen LogP) is 4.31. The second-order valence-electron chi connectivity index (χ2n) is 7.56. The zero-order valence-electron chi connectivity index (χ0n) is 17.9. The van der Waals surface area contributed by atoms with E-state index in [2.05, 4.69) is 81.1 Å². The van der Waals surface area contributed by atoms with Crippen molar-refractivity contribution in [3.63, 3.8) is 0 Å². The summed E-state index contributed by atoms with van der Waals surface area (Å²) in [7, 11) is 0. The van der Waals surface area contributed by atoms with E-state index >= 15 is 0 Å². The van der Waals surface area contributed by atoms with Crippen LogP contribution in [-0.2, 0) is 12.8 Å². The number of fused-ring (bicyclic) bond motifs is 4. The Morgan fingerprint density at radius 1 is 0.767 bits per heavy atom. The van der Waals surface area contributed by atoms with Crippen molar-refractivity contribution in [2.24, 2.45) is 0 Å². The average Bonchev–Trinajstić information content (AvgIpc) is 2.60. The third-order valence-corrected chi connectivity index (χ3v) is 5.25. The Morgan fingerprint density at radius 2 is 1.33 bits per heavy atom. The van der Waals surface area contributed by atoms with E-state index < -0.39 is 0 Å². The van der Waals surface area contributed by atoms with Gasteiger partial charge in [0.2, 0.25) is 0 Å². The summed E-state index contributed by atoms with van der Waals surface area (Å²) in [4.78, 5) is 7.66. The Balaban J connectivity index is 0. The Kier molecular flexibility index (Phi) is 12.7. The summed E-state index contributed by atoms with van der Waals surface area (Å²) in [5.74, 6) is 0. The Labute approximate surface area is 200 Å². The molecule has 1 aromatic heterocycles. The molecule has 30 heavy (non-hydrogen) atoms. The van der Waals surface area contributed by atoms with Crippen LogP contribution in [0.25, 0.3) is 22.2 Å². The summed E-state index contributed by atoms with van der Waals surface area (Å²) in [5, 5.41) is 1.28. The smallest absolute Gasteiger partial charge is 0.0765 e. The standard InChI is InChI=1S/C23H26N2.2BrH.3H2O/c1-15(2)25(16(3)4)23-19-11-7-8-12-21(19)24-22-18-10-6-5-9-17(18)13-14-20(22)23;;;;;/h5-12,15-16H,13-14H2,1-4H3;2*1H;3*1H2. The van der Waals surface area contributed by atoms with Gasteiger partial charge in [-0.25, -0.2) is 4.98 Å². The maximum atomic E-state index is 5.09. The van der Waals surface area contributed by atoms with Crippen LogP contribution in [-0.4, -0.2) is 33.5 Å². The van der Waals surface area contributed by atoms with Gasteiger partial charge in [0.1, 0.15) is 0 Å². The van der Waals surface area contributed by atoms with Crippen LogP contribution in [0.5, 0.6) is 0 Å². The lowest BCUT2D eigenvalue weighted by Gasteiger charge is -2.37. The summed E-state index contributed by atoms with van der Waals surface area (Å²) in [6, 6.07) is 18.3. The normalized spacial score (nSPS) is 11.0. The van der Waals surface area contributed by atoms with Crippen molar-refractivity contribution >= 4 is 50.6 Å². The first-order valence-electron chi connectivity index (χ1n) is 9.36. The summed E-state index contributed by atoms with van der Waals surface area (Å²) < 4.78 is 0. The van der Waals surface area contributed by atoms with E-state index in [1.807, 2.05) is 0 Å². The van der Waals surface area contributed by atoms with Crippen LogP contribution in [0.4, 0.5) is 5.69 Å². The number of anilines is 1. The molecule has 2 aromatic carbocycles. The molecular weight excluding hydrogens is 512 g/mol. The molecule has 4 rings (SSSR count). The van der Waals surface area contributed by atoms with Gasteiger partial charge in [-0.3, -0.25) is 0 Å². The van der Waals surface area contributed by atoms with Gasteiger partial charge in [0.05, 0.1) is 16.9 Å². The van der Waals surface area contributed by atoms with Crippen LogP contribution in [0.1, 0.15) is 38.8 Å². The first-order valence-corrected chi connectivity index (χ1v) is 9.36. The number of para-hydroxylation sites is 1. The van der Waals surface area contributed by atoms with Crippen LogP contribution in [0, 0.1) is 0 Å². The summed E-state index contributed by atoms with van der Waals surface area (Å²) in [5.41, 5.74) is 7.81. The number of nitrogens with zero attached hydrogens (tertiary/aromatic N) is 2. The van der Waals surface area contributed by atoms with Gasteiger partial charge in [-0.2, -0.15) is 0 Å². The van der Waals surface area contributed by atoms with Gasteiger partial charge in [-0.1, -0.05) is 42.5 Å². The van der Waals surface area contributed by atoms with E-state index in [1.54, 1.807) is 0 Å². The number of aryl methyl sites for hydroxylation is 1. The maximum absolute atomic E-state index is 5.09. The molecule has 0 radical (unpaired) electrons. The highest BCUT2D eigenvalue weighted by atomic mass is 79.9. The second kappa shape index (κ2) is 12.4. The number of hydrogen-bond acceptors (Lipinski definition) is 2. The number of benzene rings is 2. The van der Waals surface area contributed by atoms with Crippen molar-refractivity contribution in [3.05, 3.63) is 59.7 Å². The third kappa shape index (κ3) is 5.21. The molecule has 6 N–H and O–H groups in total. The lowest BCUT2D eigenvalue weighted by atomic mass is 9.86. The number of hydrogen-bond donors (Lipinski definition) is 0. The van der Waals surface area contributed by atoms with E-state index in [0.29, 0.717) is 12.1 Å². The first kappa shape index (κ1) is 30.7. The molecule has 0 unspecified atom stereocenters. The van der Waals surface area contributed by atoms with Crippen molar-refractivity contribution in [3.8, 4) is 11.3 Å². The molecule has 7 heteroatoms. The molecule has 0 saturated heterocycles. The van der Waals surface area contributed by atoms with Gasteiger partial charge in [0.15, 0.2) is 0 Å². The van der Waals surface area contributed by atoms with Gasteiger partial charge in [0.25, 0.3) is 0 Å². The van der Waals surface area contributed by atoms with E-state index in [0.717, 1.165) is 18.4 Å². The van der Waals surface area contributed by atoms with Crippen molar-refractivity contribution < 1.29 is 16.4 Å². The third-order valence-electron chi connectivity index (χ3n) is 5.25. The molecule has 0 spiro atoms. The zero-order valence-corrected chi connectivity index (χ0v) is 21.3. The summed E-state index contributed by atoms with van der Waals surface area (Å²) in [6.45, 7) is 9.16. The van der Waals surface area contributed by atoms with Crippen LogP contribution in [0.15, 0.2) is 48.5 Å². The molecule has 1 aliphatic rings. The second-order valence-corrected chi connectivity index (χ2v) is 7.56. The minimum Gasteiger partial charge on any atom is -0.412 e. The van der Waals surface area contributed by atoms with Crippen molar-refractivity contribution in [1.29, 1.82) is 0 Å². The van der Waals surface area contributed by atoms with E-state index in [1.165, 1.54) is 33.5 Å². The van der Waals surface area contributed by atoms with Gasteiger partial charge in [-0.15, -0.1) is 34.0 Å². The predicted molar refractivity (Wildman–Crippen MR) is 139 cm³/mol. The zero-order chi connectivity index (χ0) is 17.6. The van der Waals surface area contributed by atoms with E-state index in [9.17, 15) is 0 Å².